The molecule has 0 unspecified atom stereocenters. The van der Waals surface area contributed by atoms with E-state index in [1.165, 1.54) is 0 Å². The first kappa shape index (κ1) is 21.7. The molecule has 2 aromatic rings. The monoisotopic (exact) mass is 410 g/mol. The fourth-order valence-electron chi connectivity index (χ4n) is 3.23. The van der Waals surface area contributed by atoms with Crippen molar-refractivity contribution in [2.24, 2.45) is 5.92 Å². The molecule has 1 atom stereocenters. The van der Waals surface area contributed by atoms with E-state index in [4.69, 9.17) is 9.47 Å². The molecule has 30 heavy (non-hydrogen) atoms. The summed E-state index contributed by atoms with van der Waals surface area (Å²) in [4.78, 5) is 25.5. The smallest absolute Gasteiger partial charge is 0.251 e. The molecule has 0 spiro atoms. The van der Waals surface area contributed by atoms with Gasteiger partial charge in [-0.2, -0.15) is 0 Å². The van der Waals surface area contributed by atoms with E-state index in [-0.39, 0.29) is 29.9 Å². The zero-order valence-electron chi connectivity index (χ0n) is 18.2. The minimum absolute atomic E-state index is 0.0179. The first-order valence-electron chi connectivity index (χ1n) is 10.2. The average molecular weight is 411 g/mol. The molecule has 0 radical (unpaired) electrons. The number of hydrogen-bond donors (Lipinski definition) is 2. The Hall–Kier alpha value is -3.02. The highest BCUT2D eigenvalue weighted by Gasteiger charge is 2.25. The van der Waals surface area contributed by atoms with Gasteiger partial charge in [0.2, 0.25) is 12.7 Å². The van der Waals surface area contributed by atoms with Gasteiger partial charge in [-0.15, -0.1) is 0 Å². The van der Waals surface area contributed by atoms with Crippen molar-refractivity contribution in [2.75, 3.05) is 6.79 Å². The minimum atomic E-state index is -0.631. The van der Waals surface area contributed by atoms with Gasteiger partial charge in [-0.25, -0.2) is 0 Å². The summed E-state index contributed by atoms with van der Waals surface area (Å²) in [6.45, 7) is 10.8. The number of amides is 2. The largest absolute Gasteiger partial charge is 0.454 e. The molecule has 160 valence electrons. The molecule has 1 aliphatic rings. The molecule has 2 N–H and O–H groups in total. The summed E-state index contributed by atoms with van der Waals surface area (Å²) in [5.74, 6) is 0.846. The van der Waals surface area contributed by atoms with Crippen molar-refractivity contribution in [1.29, 1.82) is 0 Å². The first-order chi connectivity index (χ1) is 14.1. The van der Waals surface area contributed by atoms with E-state index >= 15 is 0 Å². The lowest BCUT2D eigenvalue weighted by molar-refractivity contribution is -0.124. The van der Waals surface area contributed by atoms with Crippen LogP contribution in [0, 0.1) is 5.92 Å². The lowest BCUT2D eigenvalue weighted by Gasteiger charge is -2.22. The van der Waals surface area contributed by atoms with Crippen LogP contribution in [0.3, 0.4) is 0 Å². The fraction of sp³-hybridized carbons (Fsp3) is 0.417. The van der Waals surface area contributed by atoms with Gasteiger partial charge in [0.1, 0.15) is 6.04 Å². The van der Waals surface area contributed by atoms with E-state index in [1.54, 1.807) is 12.1 Å². The van der Waals surface area contributed by atoms with Crippen molar-refractivity contribution >= 4 is 11.8 Å². The van der Waals surface area contributed by atoms with Gasteiger partial charge < -0.3 is 20.1 Å². The molecule has 0 aromatic heterocycles. The Kier molecular flexibility index (Phi) is 6.34. The number of fused-ring (bicyclic) bond motifs is 1. The van der Waals surface area contributed by atoms with E-state index in [1.807, 2.05) is 44.2 Å². The zero-order chi connectivity index (χ0) is 21.9. The van der Waals surface area contributed by atoms with Gasteiger partial charge in [-0.3, -0.25) is 9.59 Å². The normalized spacial score (nSPS) is 13.8. The Balaban J connectivity index is 1.62. The highest BCUT2D eigenvalue weighted by molar-refractivity contribution is 5.97. The third-order valence-electron chi connectivity index (χ3n) is 5.15. The van der Waals surface area contributed by atoms with Crippen LogP contribution in [0.5, 0.6) is 11.5 Å². The topological polar surface area (TPSA) is 76.7 Å². The van der Waals surface area contributed by atoms with Gasteiger partial charge in [0.25, 0.3) is 5.91 Å². The summed E-state index contributed by atoms with van der Waals surface area (Å²) in [5, 5.41) is 5.78. The van der Waals surface area contributed by atoms with Crippen LogP contribution in [0.4, 0.5) is 0 Å². The van der Waals surface area contributed by atoms with Gasteiger partial charge >= 0.3 is 0 Å². The van der Waals surface area contributed by atoms with Gasteiger partial charge in [0.05, 0.1) is 0 Å². The van der Waals surface area contributed by atoms with E-state index in [0.29, 0.717) is 23.6 Å². The Labute approximate surface area is 178 Å². The van der Waals surface area contributed by atoms with Crippen molar-refractivity contribution in [1.82, 2.24) is 10.6 Å². The maximum absolute atomic E-state index is 12.8. The number of rotatable bonds is 6. The minimum Gasteiger partial charge on any atom is -0.454 e. The third kappa shape index (κ3) is 5.12. The standard InChI is InChI=1S/C24H30N2O4/c1-15(2)21(26-22(27)17-7-9-18(10-8-17)24(3,4)5)23(28)25-13-16-6-11-19-20(12-16)30-14-29-19/h6-12,15,21H,13-14H2,1-5H3,(H,25,28)(H,26,27)/t21-/m0/s1. The lowest BCUT2D eigenvalue weighted by atomic mass is 9.86. The molecule has 2 aromatic carbocycles. The summed E-state index contributed by atoms with van der Waals surface area (Å²) < 4.78 is 10.7. The summed E-state index contributed by atoms with van der Waals surface area (Å²) >= 11 is 0. The van der Waals surface area contributed by atoms with Crippen LogP contribution in [0.1, 0.15) is 56.1 Å². The first-order valence-corrected chi connectivity index (χ1v) is 10.2. The van der Waals surface area contributed by atoms with E-state index < -0.39 is 6.04 Å². The second-order valence-electron chi connectivity index (χ2n) is 8.93. The van der Waals surface area contributed by atoms with Crippen LogP contribution in [0.15, 0.2) is 42.5 Å². The predicted octanol–water partition coefficient (Wildman–Crippen LogP) is 3.78. The molecule has 2 amide bonds. The maximum Gasteiger partial charge on any atom is 0.251 e. The van der Waals surface area contributed by atoms with Crippen LogP contribution in [-0.2, 0) is 16.8 Å². The SMILES string of the molecule is CC(C)[C@H](NC(=O)c1ccc(C(C)(C)C)cc1)C(=O)NCc1ccc2c(c1)OCO2. The number of benzene rings is 2. The van der Waals surface area contributed by atoms with Gasteiger partial charge in [0, 0.05) is 12.1 Å². The third-order valence-corrected chi connectivity index (χ3v) is 5.15. The molecule has 0 saturated heterocycles. The highest BCUT2D eigenvalue weighted by Crippen LogP contribution is 2.32. The zero-order valence-corrected chi connectivity index (χ0v) is 18.2. The van der Waals surface area contributed by atoms with Gasteiger partial charge in [-0.05, 0) is 46.7 Å². The molecule has 0 fully saturated rings. The van der Waals surface area contributed by atoms with E-state index in [0.717, 1.165) is 11.1 Å². The molecular formula is C24H30N2O4. The number of carbonyl (C=O) groups excluding carboxylic acids is 2. The number of nitrogens with one attached hydrogen (secondary N) is 2. The van der Waals surface area contributed by atoms with Gasteiger partial charge in [0.15, 0.2) is 11.5 Å². The second kappa shape index (κ2) is 8.78. The summed E-state index contributed by atoms with van der Waals surface area (Å²) in [7, 11) is 0. The Morgan fingerprint density at radius 2 is 1.67 bits per heavy atom. The van der Waals surface area contributed by atoms with Crippen LogP contribution < -0.4 is 20.1 Å². The van der Waals surface area contributed by atoms with E-state index in [9.17, 15) is 9.59 Å². The van der Waals surface area contributed by atoms with Crippen molar-refractivity contribution < 1.29 is 19.1 Å². The predicted molar refractivity (Wildman–Crippen MR) is 116 cm³/mol. The quantitative estimate of drug-likeness (QED) is 0.760. The maximum atomic E-state index is 12.8. The molecular weight excluding hydrogens is 380 g/mol. The van der Waals surface area contributed by atoms with Crippen LogP contribution >= 0.6 is 0 Å². The molecule has 3 rings (SSSR count). The van der Waals surface area contributed by atoms with E-state index in [2.05, 4.69) is 31.4 Å². The Morgan fingerprint density at radius 1 is 1.00 bits per heavy atom. The summed E-state index contributed by atoms with van der Waals surface area (Å²) in [6, 6.07) is 12.4. The van der Waals surface area contributed by atoms with Crippen molar-refractivity contribution in [3.63, 3.8) is 0 Å². The highest BCUT2D eigenvalue weighted by atomic mass is 16.7. The Bertz CT molecular complexity index is 914. The van der Waals surface area contributed by atoms with Crippen LogP contribution in [0.2, 0.25) is 0 Å². The molecule has 0 bridgehead atoms. The van der Waals surface area contributed by atoms with Crippen molar-refractivity contribution in [3.05, 3.63) is 59.2 Å². The molecule has 6 heteroatoms. The number of carbonyl (C=O) groups is 2. The summed E-state index contributed by atoms with van der Waals surface area (Å²) in [5.41, 5.74) is 2.61. The molecule has 0 aliphatic carbocycles. The molecule has 0 saturated carbocycles. The van der Waals surface area contributed by atoms with Crippen molar-refractivity contribution in [3.8, 4) is 11.5 Å². The molecule has 6 nitrogen and oxygen atoms in total. The van der Waals surface area contributed by atoms with Crippen molar-refractivity contribution in [2.45, 2.75) is 52.6 Å². The van der Waals surface area contributed by atoms with Crippen LogP contribution in [-0.4, -0.2) is 24.6 Å². The lowest BCUT2D eigenvalue weighted by Crippen LogP contribution is -2.49. The number of ether oxygens (including phenoxy) is 2. The van der Waals surface area contributed by atoms with Crippen LogP contribution in [0.25, 0.3) is 0 Å². The average Bonchev–Trinajstić information content (AvgIpc) is 3.17. The van der Waals surface area contributed by atoms with Gasteiger partial charge in [-0.1, -0.05) is 52.8 Å². The summed E-state index contributed by atoms with van der Waals surface area (Å²) in [6.07, 6.45) is 0. The number of hydrogen-bond acceptors (Lipinski definition) is 4. The second-order valence-corrected chi connectivity index (χ2v) is 8.93. The molecule has 1 aliphatic heterocycles. The molecule has 1 heterocycles. The fourth-order valence-corrected chi connectivity index (χ4v) is 3.23. The Morgan fingerprint density at radius 3 is 2.30 bits per heavy atom.